The van der Waals surface area contributed by atoms with E-state index in [1.807, 2.05) is 0 Å². The zero-order valence-corrected chi connectivity index (χ0v) is 26.5. The van der Waals surface area contributed by atoms with Crippen LogP contribution in [0.1, 0.15) is 58.6 Å². The molecule has 0 saturated carbocycles. The van der Waals surface area contributed by atoms with Gasteiger partial charge in [0.15, 0.2) is 0 Å². The number of ether oxygens (including phenoxy) is 4. The van der Waals surface area contributed by atoms with Crippen molar-refractivity contribution in [3.8, 4) is 0 Å². The van der Waals surface area contributed by atoms with Crippen molar-refractivity contribution in [1.29, 1.82) is 0 Å². The van der Waals surface area contributed by atoms with Gasteiger partial charge in [0.25, 0.3) is 11.6 Å². The lowest BCUT2D eigenvalue weighted by Crippen LogP contribution is -2.46. The maximum absolute atomic E-state index is 14.8. The Morgan fingerprint density at radius 3 is 1.61 bits per heavy atom. The van der Waals surface area contributed by atoms with E-state index in [2.05, 4.69) is 4.76 Å². The standard InChI is InChI=1S/C29H40N3O11P/c1-7-16-23(24(33)34)32(6)25(30)31-44(37,42-28(4,40-26(35)38-8-2)21-17-12-10-13-18-21)43-29(5,41-27(36)39-9-3)22-19-14-11-15-20-22/h10-15,17-20,23H,7-9,16H2,1-6H3,(H,33,34)(H2,30,31,37). The molecule has 2 aromatic rings. The van der Waals surface area contributed by atoms with Gasteiger partial charge in [0.2, 0.25) is 5.96 Å². The van der Waals surface area contributed by atoms with Crippen LogP contribution < -0.4 is 5.73 Å². The lowest BCUT2D eigenvalue weighted by atomic mass is 10.1. The first kappa shape index (κ1) is 36.1. The molecule has 0 bridgehead atoms. The molecule has 0 aliphatic rings. The van der Waals surface area contributed by atoms with E-state index in [0.717, 1.165) is 4.90 Å². The average molecular weight is 638 g/mol. The Labute approximate surface area is 256 Å². The Bertz CT molecular complexity index is 1250. The second kappa shape index (κ2) is 16.1. The zero-order valence-electron chi connectivity index (χ0n) is 25.6. The van der Waals surface area contributed by atoms with Gasteiger partial charge in [-0.05, 0) is 20.3 Å². The van der Waals surface area contributed by atoms with Crippen molar-refractivity contribution < 1.29 is 52.1 Å². The highest BCUT2D eigenvalue weighted by Crippen LogP contribution is 2.60. The lowest BCUT2D eigenvalue weighted by Gasteiger charge is -2.36. The molecule has 44 heavy (non-hydrogen) atoms. The van der Waals surface area contributed by atoms with E-state index in [4.69, 9.17) is 33.7 Å². The summed E-state index contributed by atoms with van der Waals surface area (Å²) in [6, 6.07) is 14.8. The van der Waals surface area contributed by atoms with Crippen molar-refractivity contribution in [2.45, 2.75) is 65.1 Å². The van der Waals surface area contributed by atoms with Crippen molar-refractivity contribution in [2.24, 2.45) is 10.5 Å². The van der Waals surface area contributed by atoms with Crippen LogP contribution in [-0.4, -0.2) is 60.5 Å². The number of likely N-dealkylation sites (N-methyl/N-ethyl adjacent to an activating group) is 1. The molecule has 3 atom stereocenters. The highest BCUT2D eigenvalue weighted by Gasteiger charge is 2.49. The molecule has 0 spiro atoms. The Hall–Kier alpha value is -4.13. The summed E-state index contributed by atoms with van der Waals surface area (Å²) in [5.74, 6) is -6.11. The minimum Gasteiger partial charge on any atom is -0.480 e. The molecule has 2 rings (SSSR count). The van der Waals surface area contributed by atoms with Gasteiger partial charge in [-0.3, -0.25) is 0 Å². The van der Waals surface area contributed by atoms with E-state index in [-0.39, 0.29) is 30.8 Å². The summed E-state index contributed by atoms with van der Waals surface area (Å²) < 4.78 is 51.5. The Morgan fingerprint density at radius 1 is 0.864 bits per heavy atom. The maximum atomic E-state index is 14.8. The number of nitrogens with zero attached hydrogens (tertiary/aromatic N) is 2. The van der Waals surface area contributed by atoms with Gasteiger partial charge in [-0.15, -0.1) is 4.76 Å². The van der Waals surface area contributed by atoms with Crippen LogP contribution >= 0.6 is 7.75 Å². The summed E-state index contributed by atoms with van der Waals surface area (Å²) >= 11 is 0. The van der Waals surface area contributed by atoms with Gasteiger partial charge in [-0.1, -0.05) is 74.0 Å². The van der Waals surface area contributed by atoms with Crippen LogP contribution in [0.4, 0.5) is 9.59 Å². The van der Waals surface area contributed by atoms with Crippen LogP contribution in [0.15, 0.2) is 65.4 Å². The molecule has 0 heterocycles. The van der Waals surface area contributed by atoms with Crippen LogP contribution in [0.3, 0.4) is 0 Å². The lowest BCUT2D eigenvalue weighted by molar-refractivity contribution is -0.187. The molecule has 0 aliphatic heterocycles. The number of carbonyl (C=O) groups is 3. The molecule has 0 aromatic heterocycles. The van der Waals surface area contributed by atoms with Gasteiger partial charge in [-0.25, -0.2) is 28.0 Å². The van der Waals surface area contributed by atoms with E-state index in [1.54, 1.807) is 57.2 Å². The van der Waals surface area contributed by atoms with Crippen molar-refractivity contribution in [3.63, 3.8) is 0 Å². The van der Waals surface area contributed by atoms with Crippen LogP contribution in [0.2, 0.25) is 0 Å². The molecular formula is C29H40N3O11P. The van der Waals surface area contributed by atoms with Gasteiger partial charge < -0.3 is 34.7 Å². The summed E-state index contributed by atoms with van der Waals surface area (Å²) in [5, 5.41) is 9.76. The molecule has 3 unspecified atom stereocenters. The molecule has 15 heteroatoms. The molecule has 0 aliphatic carbocycles. The summed E-state index contributed by atoms with van der Waals surface area (Å²) in [6.07, 6.45) is -1.67. The Kier molecular flexibility index (Phi) is 13.2. The van der Waals surface area contributed by atoms with Crippen molar-refractivity contribution in [3.05, 3.63) is 71.8 Å². The number of carboxylic acid groups (broad SMARTS) is 1. The predicted molar refractivity (Wildman–Crippen MR) is 159 cm³/mol. The smallest absolute Gasteiger partial charge is 0.480 e. The zero-order chi connectivity index (χ0) is 33.0. The Balaban J connectivity index is 2.77. The third kappa shape index (κ3) is 9.97. The molecule has 2 aromatic carbocycles. The number of carboxylic acids is 1. The molecule has 242 valence electrons. The van der Waals surface area contributed by atoms with Gasteiger partial charge >= 0.3 is 26.0 Å². The molecule has 3 N–H and O–H groups in total. The number of guanidine groups is 1. The molecular weight excluding hydrogens is 597 g/mol. The number of rotatable bonds is 15. The second-order valence-corrected chi connectivity index (χ2v) is 11.1. The minimum absolute atomic E-state index is 0.0405. The first-order valence-corrected chi connectivity index (χ1v) is 15.4. The third-order valence-electron chi connectivity index (χ3n) is 6.16. The van der Waals surface area contributed by atoms with E-state index >= 15 is 0 Å². The minimum atomic E-state index is -5.08. The quantitative estimate of drug-likeness (QED) is 0.0795. The van der Waals surface area contributed by atoms with E-state index in [1.165, 1.54) is 45.2 Å². The van der Waals surface area contributed by atoms with E-state index in [0.29, 0.717) is 6.42 Å². The summed E-state index contributed by atoms with van der Waals surface area (Å²) in [7, 11) is -3.74. The number of aliphatic carboxylic acids is 1. The second-order valence-electron chi connectivity index (χ2n) is 9.56. The fourth-order valence-electron chi connectivity index (χ4n) is 3.97. The van der Waals surface area contributed by atoms with Crippen molar-refractivity contribution in [2.75, 3.05) is 20.3 Å². The molecule has 0 fully saturated rings. The SMILES string of the molecule is CCCC(C(=O)O)N(C)C(N)=NP(=O)(OC(C)(OC(=O)OCC)c1ccccc1)OC(C)(OC(=O)OCC)c1ccccc1. The van der Waals surface area contributed by atoms with Crippen molar-refractivity contribution in [1.82, 2.24) is 4.90 Å². The number of hydrogen-bond acceptors (Lipinski definition) is 10. The highest BCUT2D eigenvalue weighted by molar-refractivity contribution is 7.52. The average Bonchev–Trinajstić information content (AvgIpc) is 2.96. The van der Waals surface area contributed by atoms with Crippen LogP contribution in [0.25, 0.3) is 0 Å². The summed E-state index contributed by atoms with van der Waals surface area (Å²) in [6.45, 7) is 7.36. The van der Waals surface area contributed by atoms with Gasteiger partial charge in [0.1, 0.15) is 6.04 Å². The first-order valence-electron chi connectivity index (χ1n) is 13.9. The van der Waals surface area contributed by atoms with Crippen molar-refractivity contribution >= 4 is 32.0 Å². The van der Waals surface area contributed by atoms with Crippen LogP contribution in [-0.2, 0) is 48.9 Å². The number of benzene rings is 2. The maximum Gasteiger partial charge on any atom is 0.511 e. The van der Waals surface area contributed by atoms with Crippen LogP contribution in [0.5, 0.6) is 0 Å². The summed E-state index contributed by atoms with van der Waals surface area (Å²) in [5.41, 5.74) is 6.59. The van der Waals surface area contributed by atoms with Gasteiger partial charge in [0, 0.05) is 32.0 Å². The normalized spacial score (nSPS) is 16.3. The number of carbonyl (C=O) groups excluding carboxylic acids is 2. The fraction of sp³-hybridized carbons (Fsp3) is 0.448. The first-order chi connectivity index (χ1) is 20.7. The van der Waals surface area contributed by atoms with Gasteiger partial charge in [-0.2, -0.15) is 0 Å². The number of hydrogen-bond donors (Lipinski definition) is 2. The fourth-order valence-corrected chi connectivity index (χ4v) is 5.64. The molecule has 0 saturated heterocycles. The van der Waals surface area contributed by atoms with E-state index < -0.39 is 49.6 Å². The number of nitrogens with two attached hydrogens (primary N) is 1. The third-order valence-corrected chi connectivity index (χ3v) is 7.77. The molecule has 0 radical (unpaired) electrons. The highest BCUT2D eigenvalue weighted by atomic mass is 31.2. The van der Waals surface area contributed by atoms with Crippen LogP contribution in [0, 0.1) is 0 Å². The molecule has 14 nitrogen and oxygen atoms in total. The van der Waals surface area contributed by atoms with Gasteiger partial charge in [0.05, 0.1) is 13.2 Å². The monoisotopic (exact) mass is 637 g/mol. The Morgan fingerprint density at radius 2 is 1.27 bits per heavy atom. The predicted octanol–water partition coefficient (Wildman–Crippen LogP) is 5.72. The topological polar surface area (TPSA) is 186 Å². The van der Waals surface area contributed by atoms with E-state index in [9.17, 15) is 24.1 Å². The molecule has 0 amide bonds. The summed E-state index contributed by atoms with van der Waals surface area (Å²) in [4.78, 5) is 38.1. The largest absolute Gasteiger partial charge is 0.511 e.